The van der Waals surface area contributed by atoms with Crippen molar-refractivity contribution < 1.29 is 14.3 Å². The molecule has 0 saturated carbocycles. The molecule has 0 spiro atoms. The summed E-state index contributed by atoms with van der Waals surface area (Å²) in [6.07, 6.45) is 0. The van der Waals surface area contributed by atoms with Crippen LogP contribution in [0.5, 0.6) is 0 Å². The van der Waals surface area contributed by atoms with Crippen molar-refractivity contribution in [2.24, 2.45) is 5.92 Å². The predicted molar refractivity (Wildman–Crippen MR) is 83.1 cm³/mol. The molecule has 0 radical (unpaired) electrons. The summed E-state index contributed by atoms with van der Waals surface area (Å²) in [6, 6.07) is -0.455. The van der Waals surface area contributed by atoms with E-state index in [-0.39, 0.29) is 23.6 Å². The van der Waals surface area contributed by atoms with Crippen LogP contribution >= 0.6 is 11.8 Å². The van der Waals surface area contributed by atoms with Gasteiger partial charge in [-0.2, -0.15) is 0 Å². The zero-order valence-corrected chi connectivity index (χ0v) is 14.4. The van der Waals surface area contributed by atoms with E-state index in [1.807, 2.05) is 27.7 Å². The van der Waals surface area contributed by atoms with Crippen LogP contribution in [-0.2, 0) is 20.1 Å². The third-order valence-electron chi connectivity index (χ3n) is 2.95. The Morgan fingerprint density at radius 1 is 1.32 bits per heavy atom. The summed E-state index contributed by atoms with van der Waals surface area (Å²) in [5.74, 6) is 0.805. The molecule has 1 N–H and O–H groups in total. The molecule has 8 nitrogen and oxygen atoms in total. The lowest BCUT2D eigenvalue weighted by molar-refractivity contribution is -0.146. The van der Waals surface area contributed by atoms with Crippen molar-refractivity contribution in [3.8, 4) is 0 Å². The number of hydrogen-bond donors (Lipinski definition) is 1. The molecule has 0 aliphatic carbocycles. The van der Waals surface area contributed by atoms with Crippen molar-refractivity contribution in [2.45, 2.75) is 45.5 Å². The second-order valence-corrected chi connectivity index (χ2v) is 6.42. The monoisotopic (exact) mass is 329 g/mol. The molecule has 0 aliphatic heterocycles. The van der Waals surface area contributed by atoms with Gasteiger partial charge in [0.2, 0.25) is 5.91 Å². The second-order valence-electron chi connectivity index (χ2n) is 5.44. The molecule has 1 rings (SSSR count). The van der Waals surface area contributed by atoms with Gasteiger partial charge in [0, 0.05) is 0 Å². The van der Waals surface area contributed by atoms with E-state index in [0.717, 1.165) is 5.82 Å². The molecule has 0 aliphatic rings. The number of aromatic nitrogens is 4. The Labute approximate surface area is 134 Å². The van der Waals surface area contributed by atoms with Crippen molar-refractivity contribution in [3.63, 3.8) is 0 Å². The fourth-order valence-corrected chi connectivity index (χ4v) is 2.53. The molecule has 1 aromatic rings. The van der Waals surface area contributed by atoms with Crippen molar-refractivity contribution >= 4 is 23.6 Å². The molecular formula is C13H23N5O3S. The number of nitrogens with zero attached hydrogens (tertiary/aromatic N) is 4. The van der Waals surface area contributed by atoms with Crippen molar-refractivity contribution in [2.75, 3.05) is 12.9 Å². The number of nitrogens with one attached hydrogen (secondary N) is 1. The number of esters is 1. The standard InChI is InChI=1S/C13H23N5O3S/c1-8(2)12(13(20)21-5)14-11(19)7-22-6-10-15-16-17-18(10)9(3)4/h8-9,12H,6-7H2,1-5H3,(H,14,19). The zero-order chi connectivity index (χ0) is 16.7. The van der Waals surface area contributed by atoms with Gasteiger partial charge in [0.15, 0.2) is 5.82 Å². The van der Waals surface area contributed by atoms with E-state index in [1.54, 1.807) is 4.68 Å². The summed E-state index contributed by atoms with van der Waals surface area (Å²) in [6.45, 7) is 7.68. The Morgan fingerprint density at radius 2 is 2.00 bits per heavy atom. The van der Waals surface area contributed by atoms with Crippen molar-refractivity contribution in [3.05, 3.63) is 5.82 Å². The predicted octanol–water partition coefficient (Wildman–Crippen LogP) is 0.801. The van der Waals surface area contributed by atoms with Crippen molar-refractivity contribution in [1.82, 2.24) is 25.5 Å². The van der Waals surface area contributed by atoms with E-state index in [9.17, 15) is 9.59 Å². The maximum atomic E-state index is 11.9. The van der Waals surface area contributed by atoms with Crippen molar-refractivity contribution in [1.29, 1.82) is 0 Å². The van der Waals surface area contributed by atoms with Gasteiger partial charge in [0.25, 0.3) is 0 Å². The zero-order valence-electron chi connectivity index (χ0n) is 13.6. The maximum absolute atomic E-state index is 11.9. The first-order valence-corrected chi connectivity index (χ1v) is 8.24. The minimum atomic E-state index is -0.626. The van der Waals surface area contributed by atoms with Crippen LogP contribution in [0.1, 0.15) is 39.6 Å². The highest BCUT2D eigenvalue weighted by Crippen LogP contribution is 2.12. The quantitative estimate of drug-likeness (QED) is 0.704. The van der Waals surface area contributed by atoms with Gasteiger partial charge < -0.3 is 10.1 Å². The molecule has 0 fully saturated rings. The number of amides is 1. The van der Waals surface area contributed by atoms with E-state index in [2.05, 4.69) is 25.6 Å². The third kappa shape index (κ3) is 5.28. The number of carbonyl (C=O) groups excluding carboxylic acids is 2. The van der Waals surface area contributed by atoms with E-state index in [0.29, 0.717) is 5.75 Å². The molecule has 1 heterocycles. The van der Waals surface area contributed by atoms with Crippen LogP contribution in [0.4, 0.5) is 0 Å². The Balaban J connectivity index is 2.45. The SMILES string of the molecule is COC(=O)C(NC(=O)CSCc1nnnn1C(C)C)C(C)C. The summed E-state index contributed by atoms with van der Waals surface area (Å²) >= 11 is 1.40. The van der Waals surface area contributed by atoms with Crippen LogP contribution < -0.4 is 5.32 Å². The maximum Gasteiger partial charge on any atom is 0.328 e. The molecule has 0 bridgehead atoms. The first kappa shape index (κ1) is 18.4. The number of thioether (sulfide) groups is 1. The van der Waals surface area contributed by atoms with Crippen LogP contribution in [0, 0.1) is 5.92 Å². The Kier molecular flexibility index (Phi) is 7.30. The van der Waals surface area contributed by atoms with E-state index in [1.165, 1.54) is 18.9 Å². The molecule has 0 saturated heterocycles. The minimum absolute atomic E-state index is 0.0327. The van der Waals surface area contributed by atoms with E-state index in [4.69, 9.17) is 0 Å². The number of tetrazole rings is 1. The smallest absolute Gasteiger partial charge is 0.328 e. The van der Waals surface area contributed by atoms with Crippen LogP contribution in [-0.4, -0.2) is 51.0 Å². The molecule has 1 amide bonds. The number of hydrogen-bond acceptors (Lipinski definition) is 7. The lowest BCUT2D eigenvalue weighted by atomic mass is 10.1. The second kappa shape index (κ2) is 8.72. The highest BCUT2D eigenvalue weighted by Gasteiger charge is 2.24. The molecule has 22 heavy (non-hydrogen) atoms. The van der Waals surface area contributed by atoms with Gasteiger partial charge >= 0.3 is 5.97 Å². The number of methoxy groups -OCH3 is 1. The first-order chi connectivity index (χ1) is 10.4. The number of ether oxygens (including phenoxy) is 1. The van der Waals surface area contributed by atoms with Gasteiger partial charge in [-0.25, -0.2) is 9.48 Å². The number of carbonyl (C=O) groups is 2. The van der Waals surface area contributed by atoms with E-state index < -0.39 is 12.0 Å². The minimum Gasteiger partial charge on any atom is -0.467 e. The average Bonchev–Trinajstić information content (AvgIpc) is 2.92. The van der Waals surface area contributed by atoms with E-state index >= 15 is 0 Å². The molecule has 0 aromatic carbocycles. The van der Waals surface area contributed by atoms with Gasteiger partial charge in [0.05, 0.1) is 24.7 Å². The van der Waals surface area contributed by atoms with Crippen LogP contribution in [0.25, 0.3) is 0 Å². The molecule has 1 aromatic heterocycles. The average molecular weight is 329 g/mol. The highest BCUT2D eigenvalue weighted by molar-refractivity contribution is 7.99. The van der Waals surface area contributed by atoms with Gasteiger partial charge in [-0.05, 0) is 30.2 Å². The fraction of sp³-hybridized carbons (Fsp3) is 0.769. The van der Waals surface area contributed by atoms with Crippen LogP contribution in [0.3, 0.4) is 0 Å². The lowest BCUT2D eigenvalue weighted by Gasteiger charge is -2.19. The van der Waals surface area contributed by atoms with Gasteiger partial charge in [0.1, 0.15) is 6.04 Å². The highest BCUT2D eigenvalue weighted by atomic mass is 32.2. The Hall–Kier alpha value is -1.64. The molecular weight excluding hydrogens is 306 g/mol. The molecule has 124 valence electrons. The summed E-state index contributed by atoms with van der Waals surface area (Å²) in [7, 11) is 1.31. The van der Waals surface area contributed by atoms with Gasteiger partial charge in [-0.1, -0.05) is 13.8 Å². The van der Waals surface area contributed by atoms with Gasteiger partial charge in [-0.3, -0.25) is 4.79 Å². The summed E-state index contributed by atoms with van der Waals surface area (Å²) in [5, 5.41) is 14.2. The molecule has 9 heteroatoms. The Morgan fingerprint density at radius 3 is 2.55 bits per heavy atom. The summed E-state index contributed by atoms with van der Waals surface area (Å²) in [5.41, 5.74) is 0. The third-order valence-corrected chi connectivity index (χ3v) is 3.88. The van der Waals surface area contributed by atoms with Crippen LogP contribution in [0.15, 0.2) is 0 Å². The molecule has 1 atom stereocenters. The Bertz CT molecular complexity index is 504. The molecule has 1 unspecified atom stereocenters. The summed E-state index contributed by atoms with van der Waals surface area (Å²) < 4.78 is 6.41. The first-order valence-electron chi connectivity index (χ1n) is 7.08. The number of rotatable bonds is 8. The largest absolute Gasteiger partial charge is 0.467 e. The normalized spacial score (nSPS) is 12.5. The van der Waals surface area contributed by atoms with Gasteiger partial charge in [-0.15, -0.1) is 16.9 Å². The lowest BCUT2D eigenvalue weighted by Crippen LogP contribution is -2.45. The fourth-order valence-electron chi connectivity index (χ4n) is 1.78. The topological polar surface area (TPSA) is 99.0 Å². The van der Waals surface area contributed by atoms with Crippen LogP contribution in [0.2, 0.25) is 0 Å². The summed E-state index contributed by atoms with van der Waals surface area (Å²) in [4.78, 5) is 23.5.